The van der Waals surface area contributed by atoms with Crippen LogP contribution in [0, 0.1) is 5.92 Å². The third-order valence-electron chi connectivity index (χ3n) is 3.24. The molecule has 9 heteroatoms. The molecule has 116 valence electrons. The van der Waals surface area contributed by atoms with Gasteiger partial charge in [0.1, 0.15) is 0 Å². The molecule has 1 fully saturated rings. The molecule has 1 heterocycles. The summed E-state index contributed by atoms with van der Waals surface area (Å²) in [7, 11) is -3.77. The molecule has 2 N–H and O–H groups in total. The van der Waals surface area contributed by atoms with Crippen molar-refractivity contribution in [2.24, 2.45) is 5.92 Å². The van der Waals surface area contributed by atoms with Crippen molar-refractivity contribution in [2.45, 2.75) is 12.8 Å². The number of carboxylic acids is 1. The Kier molecular flexibility index (Phi) is 5.29. The molecule has 1 saturated heterocycles. The molecular formula is C12H14Br2N2O4S. The predicted molar refractivity (Wildman–Crippen MR) is 86.3 cm³/mol. The van der Waals surface area contributed by atoms with Crippen LogP contribution >= 0.6 is 31.9 Å². The molecule has 0 amide bonds. The van der Waals surface area contributed by atoms with Crippen molar-refractivity contribution < 1.29 is 18.3 Å². The lowest BCUT2D eigenvalue weighted by molar-refractivity contribution is -0.142. The number of halogens is 2. The summed E-state index contributed by atoms with van der Waals surface area (Å²) in [5.74, 6) is -1.61. The number of carboxylic acid groups (broad SMARTS) is 1. The lowest BCUT2D eigenvalue weighted by Gasteiger charge is -2.30. The van der Waals surface area contributed by atoms with Gasteiger partial charge in [-0.3, -0.25) is 9.52 Å². The molecule has 1 aliphatic heterocycles. The van der Waals surface area contributed by atoms with Crippen LogP contribution < -0.4 is 4.72 Å². The summed E-state index contributed by atoms with van der Waals surface area (Å²) in [6, 6.07) is 5.14. The van der Waals surface area contributed by atoms with Crippen LogP contribution in [0.1, 0.15) is 12.8 Å². The number of rotatable bonds is 4. The maximum atomic E-state index is 12.4. The van der Waals surface area contributed by atoms with Gasteiger partial charge in [-0.25, -0.2) is 0 Å². The normalized spacial score (nSPS) is 20.2. The van der Waals surface area contributed by atoms with E-state index in [1.807, 2.05) is 0 Å². The van der Waals surface area contributed by atoms with Gasteiger partial charge < -0.3 is 5.11 Å². The zero-order chi connectivity index (χ0) is 15.6. The summed E-state index contributed by atoms with van der Waals surface area (Å²) in [5, 5.41) is 9.04. The van der Waals surface area contributed by atoms with E-state index < -0.39 is 22.1 Å². The molecule has 0 spiro atoms. The highest BCUT2D eigenvalue weighted by atomic mass is 79.9. The fourth-order valence-corrected chi connectivity index (χ4v) is 4.30. The van der Waals surface area contributed by atoms with Crippen molar-refractivity contribution in [1.82, 2.24) is 4.31 Å². The summed E-state index contributed by atoms with van der Waals surface area (Å²) in [6.07, 6.45) is 1.04. The van der Waals surface area contributed by atoms with Gasteiger partial charge >= 0.3 is 16.2 Å². The molecule has 1 aliphatic rings. The quantitative estimate of drug-likeness (QED) is 0.751. The lowest BCUT2D eigenvalue weighted by atomic mass is 10.0. The first-order valence-electron chi connectivity index (χ1n) is 6.25. The van der Waals surface area contributed by atoms with Gasteiger partial charge in [-0.05, 0) is 47.0 Å². The van der Waals surface area contributed by atoms with Gasteiger partial charge in [0.15, 0.2) is 0 Å². The summed E-state index contributed by atoms with van der Waals surface area (Å²) >= 11 is 6.56. The number of hydrogen-bond acceptors (Lipinski definition) is 3. The Labute approximate surface area is 140 Å². The molecule has 6 nitrogen and oxygen atoms in total. The number of piperidine rings is 1. The van der Waals surface area contributed by atoms with Crippen molar-refractivity contribution in [3.8, 4) is 0 Å². The predicted octanol–water partition coefficient (Wildman–Crippen LogP) is 2.66. The van der Waals surface area contributed by atoms with E-state index in [4.69, 9.17) is 5.11 Å². The number of benzene rings is 1. The van der Waals surface area contributed by atoms with E-state index >= 15 is 0 Å². The maximum Gasteiger partial charge on any atom is 0.307 e. The molecule has 1 aromatic rings. The second-order valence-electron chi connectivity index (χ2n) is 4.77. The van der Waals surface area contributed by atoms with Crippen LogP contribution in [0.3, 0.4) is 0 Å². The van der Waals surface area contributed by atoms with Crippen molar-refractivity contribution in [2.75, 3.05) is 17.8 Å². The fraction of sp³-hybridized carbons (Fsp3) is 0.417. The Morgan fingerprint density at radius 1 is 1.38 bits per heavy atom. The number of aliphatic carboxylic acids is 1. The highest BCUT2D eigenvalue weighted by molar-refractivity contribution is 9.11. The summed E-state index contributed by atoms with van der Waals surface area (Å²) in [6.45, 7) is 0.320. The van der Waals surface area contributed by atoms with E-state index in [9.17, 15) is 13.2 Å². The molecule has 1 atom stereocenters. The molecule has 1 aromatic carbocycles. The van der Waals surface area contributed by atoms with Crippen molar-refractivity contribution >= 4 is 53.7 Å². The van der Waals surface area contributed by atoms with E-state index in [2.05, 4.69) is 36.6 Å². The zero-order valence-electron chi connectivity index (χ0n) is 10.9. The number of anilines is 1. The highest BCUT2D eigenvalue weighted by Crippen LogP contribution is 2.28. The minimum Gasteiger partial charge on any atom is -0.481 e. The Hall–Kier alpha value is -0.640. The van der Waals surface area contributed by atoms with E-state index in [-0.39, 0.29) is 6.54 Å². The number of carbonyl (C=O) groups is 1. The van der Waals surface area contributed by atoms with Crippen molar-refractivity contribution in [1.29, 1.82) is 0 Å². The fourth-order valence-electron chi connectivity index (χ4n) is 2.14. The molecule has 0 saturated carbocycles. The minimum atomic E-state index is -3.77. The number of nitrogens with zero attached hydrogens (tertiary/aromatic N) is 1. The second-order valence-corrected chi connectivity index (χ2v) is 8.21. The molecule has 0 radical (unpaired) electrons. The van der Waals surface area contributed by atoms with Crippen LogP contribution in [0.2, 0.25) is 0 Å². The molecule has 0 aromatic heterocycles. The van der Waals surface area contributed by atoms with E-state index in [0.717, 1.165) is 4.47 Å². The van der Waals surface area contributed by atoms with Crippen LogP contribution in [0.25, 0.3) is 0 Å². The first-order chi connectivity index (χ1) is 9.79. The molecule has 1 unspecified atom stereocenters. The van der Waals surface area contributed by atoms with Crippen molar-refractivity contribution in [3.05, 3.63) is 27.1 Å². The van der Waals surface area contributed by atoms with Crippen LogP contribution in [-0.2, 0) is 15.0 Å². The zero-order valence-corrected chi connectivity index (χ0v) is 14.9. The van der Waals surface area contributed by atoms with Crippen molar-refractivity contribution in [3.63, 3.8) is 0 Å². The number of nitrogens with one attached hydrogen (secondary N) is 1. The van der Waals surface area contributed by atoms with Crippen LogP contribution in [-0.4, -0.2) is 36.9 Å². The van der Waals surface area contributed by atoms with Gasteiger partial charge in [-0.1, -0.05) is 15.9 Å². The van der Waals surface area contributed by atoms with Crippen LogP contribution in [0.5, 0.6) is 0 Å². The van der Waals surface area contributed by atoms with E-state index in [1.165, 1.54) is 4.31 Å². The Balaban J connectivity index is 2.18. The largest absolute Gasteiger partial charge is 0.481 e. The minimum absolute atomic E-state index is 0.00368. The van der Waals surface area contributed by atoms with Crippen LogP contribution in [0.4, 0.5) is 5.69 Å². The number of hydrogen-bond donors (Lipinski definition) is 2. The van der Waals surface area contributed by atoms with Gasteiger partial charge in [-0.15, -0.1) is 0 Å². The standard InChI is InChI=1S/C12H14Br2N2O4S/c13-9-3-4-10(14)11(6-9)15-21(19,20)16-5-1-2-8(7-16)12(17)18/h3-4,6,8,15H,1-2,5,7H2,(H,17,18). The van der Waals surface area contributed by atoms with Gasteiger partial charge in [0.2, 0.25) is 0 Å². The van der Waals surface area contributed by atoms with E-state index in [0.29, 0.717) is 29.5 Å². The molecule has 21 heavy (non-hydrogen) atoms. The average molecular weight is 442 g/mol. The Morgan fingerprint density at radius 2 is 2.10 bits per heavy atom. The summed E-state index contributed by atoms with van der Waals surface area (Å²) in [5.41, 5.74) is 0.404. The monoisotopic (exact) mass is 440 g/mol. The first-order valence-corrected chi connectivity index (χ1v) is 9.28. The molecule has 0 aliphatic carbocycles. The average Bonchev–Trinajstić information content (AvgIpc) is 2.43. The lowest BCUT2D eigenvalue weighted by Crippen LogP contribution is -2.44. The SMILES string of the molecule is O=C(O)C1CCCN(S(=O)(=O)Nc2cc(Br)ccc2Br)C1. The third kappa shape index (κ3) is 4.18. The van der Waals surface area contributed by atoms with E-state index in [1.54, 1.807) is 18.2 Å². The molecular weight excluding hydrogens is 428 g/mol. The topological polar surface area (TPSA) is 86.7 Å². The van der Waals surface area contributed by atoms with Gasteiger partial charge in [-0.2, -0.15) is 12.7 Å². The smallest absolute Gasteiger partial charge is 0.307 e. The first kappa shape index (κ1) is 16.7. The summed E-state index contributed by atoms with van der Waals surface area (Å²) < 4.78 is 29.8. The van der Waals surface area contributed by atoms with Gasteiger partial charge in [0.05, 0.1) is 11.6 Å². The summed E-state index contributed by atoms with van der Waals surface area (Å²) in [4.78, 5) is 11.0. The maximum absolute atomic E-state index is 12.4. The van der Waals surface area contributed by atoms with Crippen LogP contribution in [0.15, 0.2) is 27.1 Å². The second kappa shape index (κ2) is 6.64. The van der Waals surface area contributed by atoms with Gasteiger partial charge in [0, 0.05) is 22.0 Å². The molecule has 0 bridgehead atoms. The Morgan fingerprint density at radius 3 is 2.76 bits per heavy atom. The van der Waals surface area contributed by atoms with Gasteiger partial charge in [0.25, 0.3) is 0 Å². The molecule has 2 rings (SSSR count). The Bertz CT molecular complexity index is 651. The third-order valence-corrected chi connectivity index (χ3v) is 5.91. The highest BCUT2D eigenvalue weighted by Gasteiger charge is 2.32.